The van der Waals surface area contributed by atoms with Gasteiger partial charge in [0.2, 0.25) is 5.95 Å². The number of furan rings is 1. The van der Waals surface area contributed by atoms with Gasteiger partial charge in [0.05, 0.1) is 22.2 Å². The number of benzene rings is 8. The highest BCUT2D eigenvalue weighted by Gasteiger charge is 2.22. The summed E-state index contributed by atoms with van der Waals surface area (Å²) >= 11 is 1.87. The van der Waals surface area contributed by atoms with E-state index < -0.39 is 0 Å². The molecule has 236 valence electrons. The zero-order valence-electron chi connectivity index (χ0n) is 27.1. The molecular formula is C46H25N3OS. The topological polar surface area (TPSA) is 43.9 Å². The maximum absolute atomic E-state index is 6.58. The largest absolute Gasteiger partial charge is 0.455 e. The molecular weight excluding hydrogens is 643 g/mol. The molecule has 12 aromatic rings. The molecule has 4 nitrogen and oxygen atoms in total. The molecule has 0 unspecified atom stereocenters. The normalized spacial score (nSPS) is 12.3. The molecule has 4 aromatic heterocycles. The third-order valence-corrected chi connectivity index (χ3v) is 11.8. The molecule has 0 saturated carbocycles. The van der Waals surface area contributed by atoms with Crippen molar-refractivity contribution in [3.05, 3.63) is 152 Å². The van der Waals surface area contributed by atoms with E-state index in [1.54, 1.807) is 0 Å². The van der Waals surface area contributed by atoms with Crippen molar-refractivity contribution in [2.75, 3.05) is 0 Å². The van der Waals surface area contributed by atoms with Crippen molar-refractivity contribution < 1.29 is 4.42 Å². The molecule has 4 heterocycles. The van der Waals surface area contributed by atoms with Gasteiger partial charge in [-0.3, -0.25) is 4.57 Å². The lowest BCUT2D eigenvalue weighted by atomic mass is 10.0. The summed E-state index contributed by atoms with van der Waals surface area (Å²) in [6, 6.07) is 54.0. The molecule has 0 saturated heterocycles. The van der Waals surface area contributed by atoms with Crippen LogP contribution in [0.5, 0.6) is 0 Å². The van der Waals surface area contributed by atoms with Crippen LogP contribution in [0.25, 0.3) is 114 Å². The average Bonchev–Trinajstić information content (AvgIpc) is 3.86. The Bertz CT molecular complexity index is 3440. The number of hydrogen-bond donors (Lipinski definition) is 0. The molecule has 0 radical (unpaired) electrons. The third kappa shape index (κ3) is 3.73. The summed E-state index contributed by atoms with van der Waals surface area (Å²) in [5.74, 6) is 0.635. The standard InChI is InChI=1S/C46H25N3OS/c1-2-11-28-26(10-1)20-23-34-42(28)47-46(48-43(34)35-16-9-15-32-30-13-4-7-18-40(30)50-44(32)35)49-38-17-6-3-12-29(38)37-25-36-27(24-39(37)49)21-22-33-31-14-5-8-19-41(31)51-45(33)36/h1-25H. The van der Waals surface area contributed by atoms with Crippen LogP contribution < -0.4 is 0 Å². The van der Waals surface area contributed by atoms with Gasteiger partial charge < -0.3 is 4.42 Å². The first-order valence-corrected chi connectivity index (χ1v) is 18.0. The van der Waals surface area contributed by atoms with E-state index in [0.29, 0.717) is 5.95 Å². The summed E-state index contributed by atoms with van der Waals surface area (Å²) < 4.78 is 11.5. The lowest BCUT2D eigenvalue weighted by molar-refractivity contribution is 0.670. The SMILES string of the molecule is c1ccc2c(c1)ccc1c(-c3cccc4c3oc3ccccc34)nc(-n3c4ccccc4c4cc5c(ccc6c7ccccc7sc56)cc43)nc12. The monoisotopic (exact) mass is 667 g/mol. The summed E-state index contributed by atoms with van der Waals surface area (Å²) in [4.78, 5) is 10.9. The van der Waals surface area contributed by atoms with Crippen molar-refractivity contribution in [2.45, 2.75) is 0 Å². The van der Waals surface area contributed by atoms with E-state index in [0.717, 1.165) is 65.9 Å². The van der Waals surface area contributed by atoms with E-state index in [1.165, 1.54) is 41.7 Å². The minimum Gasteiger partial charge on any atom is -0.455 e. The number of rotatable bonds is 2. The Balaban J connectivity index is 1.22. The zero-order valence-corrected chi connectivity index (χ0v) is 27.9. The summed E-state index contributed by atoms with van der Waals surface area (Å²) in [6.07, 6.45) is 0. The second kappa shape index (κ2) is 10.0. The maximum Gasteiger partial charge on any atom is 0.235 e. The summed E-state index contributed by atoms with van der Waals surface area (Å²) in [6.45, 7) is 0. The van der Waals surface area contributed by atoms with E-state index in [1.807, 2.05) is 23.5 Å². The fourth-order valence-electron chi connectivity index (χ4n) is 8.28. The molecule has 0 aliphatic rings. The van der Waals surface area contributed by atoms with Gasteiger partial charge in [-0.05, 0) is 53.2 Å². The Morgan fingerprint density at radius 2 is 1.22 bits per heavy atom. The Morgan fingerprint density at radius 3 is 2.16 bits per heavy atom. The smallest absolute Gasteiger partial charge is 0.235 e. The van der Waals surface area contributed by atoms with Crippen LogP contribution in [0, 0.1) is 0 Å². The van der Waals surface area contributed by atoms with Gasteiger partial charge in [0, 0.05) is 63.4 Å². The van der Waals surface area contributed by atoms with Crippen LogP contribution in [-0.4, -0.2) is 14.5 Å². The summed E-state index contributed by atoms with van der Waals surface area (Å²) in [7, 11) is 0. The number of para-hydroxylation sites is 3. The van der Waals surface area contributed by atoms with Crippen LogP contribution in [0.1, 0.15) is 0 Å². The van der Waals surface area contributed by atoms with Crippen LogP contribution in [0.4, 0.5) is 0 Å². The number of nitrogens with zero attached hydrogens (tertiary/aromatic N) is 3. The van der Waals surface area contributed by atoms with Gasteiger partial charge in [-0.25, -0.2) is 9.97 Å². The number of hydrogen-bond acceptors (Lipinski definition) is 4. The fourth-order valence-corrected chi connectivity index (χ4v) is 9.51. The Morgan fingerprint density at radius 1 is 0.471 bits per heavy atom. The first-order chi connectivity index (χ1) is 25.3. The van der Waals surface area contributed by atoms with E-state index in [-0.39, 0.29) is 0 Å². The maximum atomic E-state index is 6.58. The fraction of sp³-hybridized carbons (Fsp3) is 0. The molecule has 0 N–H and O–H groups in total. The van der Waals surface area contributed by atoms with Gasteiger partial charge in [0.15, 0.2) is 0 Å². The van der Waals surface area contributed by atoms with Crippen LogP contribution in [0.15, 0.2) is 156 Å². The molecule has 12 rings (SSSR count). The second-order valence-corrected chi connectivity index (χ2v) is 14.4. The summed E-state index contributed by atoms with van der Waals surface area (Å²) in [5, 5.41) is 12.8. The first-order valence-electron chi connectivity index (χ1n) is 17.2. The van der Waals surface area contributed by atoms with E-state index in [9.17, 15) is 0 Å². The third-order valence-electron chi connectivity index (χ3n) is 10.6. The van der Waals surface area contributed by atoms with Gasteiger partial charge >= 0.3 is 0 Å². The van der Waals surface area contributed by atoms with Crippen LogP contribution in [0.3, 0.4) is 0 Å². The Kier molecular flexibility index (Phi) is 5.35. The Hall–Kier alpha value is -6.56. The highest BCUT2D eigenvalue weighted by molar-refractivity contribution is 7.26. The molecule has 0 atom stereocenters. The summed E-state index contributed by atoms with van der Waals surface area (Å²) in [5.41, 5.74) is 6.57. The molecule has 0 aliphatic heterocycles. The van der Waals surface area contributed by atoms with Crippen molar-refractivity contribution in [3.8, 4) is 17.2 Å². The Labute approximate surface area is 294 Å². The molecule has 0 aliphatic carbocycles. The van der Waals surface area contributed by atoms with Gasteiger partial charge in [-0.1, -0.05) is 109 Å². The number of thiophene rings is 1. The minimum atomic E-state index is 0.635. The average molecular weight is 668 g/mol. The molecule has 0 fully saturated rings. The highest BCUT2D eigenvalue weighted by atomic mass is 32.1. The molecule has 0 spiro atoms. The van der Waals surface area contributed by atoms with E-state index in [2.05, 4.69) is 144 Å². The van der Waals surface area contributed by atoms with Crippen molar-refractivity contribution in [2.24, 2.45) is 0 Å². The van der Waals surface area contributed by atoms with E-state index >= 15 is 0 Å². The first kappa shape index (κ1) is 27.3. The minimum absolute atomic E-state index is 0.635. The van der Waals surface area contributed by atoms with Crippen LogP contribution in [-0.2, 0) is 0 Å². The lowest BCUT2D eigenvalue weighted by Gasteiger charge is -2.13. The van der Waals surface area contributed by atoms with Crippen LogP contribution in [0.2, 0.25) is 0 Å². The molecule has 8 aromatic carbocycles. The van der Waals surface area contributed by atoms with Crippen molar-refractivity contribution in [1.29, 1.82) is 0 Å². The van der Waals surface area contributed by atoms with Crippen molar-refractivity contribution >= 4 is 108 Å². The molecule has 0 amide bonds. The van der Waals surface area contributed by atoms with Crippen molar-refractivity contribution in [1.82, 2.24) is 14.5 Å². The number of aromatic nitrogens is 3. The van der Waals surface area contributed by atoms with E-state index in [4.69, 9.17) is 14.4 Å². The van der Waals surface area contributed by atoms with Gasteiger partial charge in [0.1, 0.15) is 11.2 Å². The molecule has 51 heavy (non-hydrogen) atoms. The lowest BCUT2D eigenvalue weighted by Crippen LogP contribution is -2.04. The van der Waals surface area contributed by atoms with Crippen LogP contribution >= 0.6 is 11.3 Å². The number of fused-ring (bicyclic) bond motifs is 14. The highest BCUT2D eigenvalue weighted by Crippen LogP contribution is 2.43. The molecule has 5 heteroatoms. The van der Waals surface area contributed by atoms with Gasteiger partial charge in [-0.15, -0.1) is 11.3 Å². The zero-order chi connectivity index (χ0) is 33.2. The second-order valence-electron chi connectivity index (χ2n) is 13.3. The van der Waals surface area contributed by atoms with Gasteiger partial charge in [0.25, 0.3) is 0 Å². The molecule has 0 bridgehead atoms. The quantitative estimate of drug-likeness (QED) is 0.172. The predicted octanol–water partition coefficient (Wildman–Crippen LogP) is 13.0. The van der Waals surface area contributed by atoms with Gasteiger partial charge in [-0.2, -0.15) is 0 Å². The van der Waals surface area contributed by atoms with Crippen molar-refractivity contribution in [3.63, 3.8) is 0 Å². The predicted molar refractivity (Wildman–Crippen MR) is 214 cm³/mol.